The van der Waals surface area contributed by atoms with Gasteiger partial charge in [0.1, 0.15) is 34.4 Å². The van der Waals surface area contributed by atoms with Gasteiger partial charge in [-0.2, -0.15) is 0 Å². The van der Waals surface area contributed by atoms with Crippen molar-refractivity contribution >= 4 is 35.3 Å². The molecule has 1 rings (SSSR count). The van der Waals surface area contributed by atoms with Crippen LogP contribution in [0.15, 0.2) is 17.0 Å². The lowest BCUT2D eigenvalue weighted by Crippen LogP contribution is -2.04. The number of aliphatic hydroxyl groups is 1. The van der Waals surface area contributed by atoms with Crippen molar-refractivity contribution in [1.82, 2.24) is 0 Å². The van der Waals surface area contributed by atoms with E-state index < -0.39 is 34.0 Å². The van der Waals surface area contributed by atoms with Crippen molar-refractivity contribution in [2.75, 3.05) is 6.61 Å². The van der Waals surface area contributed by atoms with Gasteiger partial charge in [-0.3, -0.25) is 10.1 Å². The molecule has 0 aliphatic carbocycles. The van der Waals surface area contributed by atoms with Gasteiger partial charge in [0.25, 0.3) is 5.69 Å². The molecule has 17 heavy (non-hydrogen) atoms. The molecule has 0 atom stereocenters. The molecule has 1 aromatic rings. The maximum absolute atomic E-state index is 13.1. The first kappa shape index (κ1) is 13.7. The van der Waals surface area contributed by atoms with E-state index >= 15 is 0 Å². The largest absolute Gasteiger partial charge is 0.385 e. The first-order valence-electron chi connectivity index (χ1n) is 4.08. The summed E-state index contributed by atoms with van der Waals surface area (Å²) in [6.07, 6.45) is 0. The van der Waals surface area contributed by atoms with Gasteiger partial charge < -0.3 is 9.29 Å². The molecule has 6 nitrogen and oxygen atoms in total. The van der Waals surface area contributed by atoms with E-state index in [0.29, 0.717) is 0 Å². The van der Waals surface area contributed by atoms with Gasteiger partial charge in [0.05, 0.1) is 4.92 Å². The van der Waals surface area contributed by atoms with Crippen molar-refractivity contribution in [2.24, 2.45) is 0 Å². The molecule has 0 bridgehead atoms. The summed E-state index contributed by atoms with van der Waals surface area (Å²) in [4.78, 5) is 20.2. The number of carbonyl (C=O) groups excluding carboxylic acids is 1. The number of benzene rings is 1. The second kappa shape index (κ2) is 5.80. The summed E-state index contributed by atoms with van der Waals surface area (Å²) in [6.45, 7) is -0.895. The maximum Gasteiger partial charge on any atom is 0.344 e. The molecule has 0 aromatic heterocycles. The fraction of sp³-hybridized carbons (Fsp3) is 0.125. The Morgan fingerprint density at radius 2 is 2.29 bits per heavy atom. The highest BCUT2D eigenvalue weighted by Gasteiger charge is 2.22. The minimum Gasteiger partial charge on any atom is -0.385 e. The smallest absolute Gasteiger partial charge is 0.344 e. The summed E-state index contributed by atoms with van der Waals surface area (Å²) in [5.41, 5.74) is -0.493. The topological polar surface area (TPSA) is 89.7 Å². The summed E-state index contributed by atoms with van der Waals surface area (Å²) in [5.74, 6) is -1.90. The molecule has 0 amide bonds. The van der Waals surface area contributed by atoms with Crippen molar-refractivity contribution in [3.8, 4) is 0 Å². The zero-order chi connectivity index (χ0) is 13.0. The van der Waals surface area contributed by atoms with Crippen LogP contribution in [0.25, 0.3) is 0 Å². The van der Waals surface area contributed by atoms with Crippen molar-refractivity contribution in [2.45, 2.75) is 4.90 Å². The van der Waals surface area contributed by atoms with Gasteiger partial charge in [0.15, 0.2) is 0 Å². The highest BCUT2D eigenvalue weighted by Crippen LogP contribution is 2.37. The summed E-state index contributed by atoms with van der Waals surface area (Å²) >= 11 is 5.74. The van der Waals surface area contributed by atoms with Gasteiger partial charge in [-0.25, -0.2) is 9.18 Å². The molecular weight excluding hydrogens is 277 g/mol. The van der Waals surface area contributed by atoms with Gasteiger partial charge in [-0.05, 0) is 6.07 Å². The van der Waals surface area contributed by atoms with Crippen LogP contribution in [-0.2, 0) is 8.98 Å². The van der Waals surface area contributed by atoms with Gasteiger partial charge in [0.2, 0.25) is 0 Å². The van der Waals surface area contributed by atoms with E-state index in [9.17, 15) is 19.3 Å². The number of carbonyl (C=O) groups is 1. The fourth-order valence-electron chi connectivity index (χ4n) is 0.859. The molecule has 1 N–H and O–H groups in total. The Kier molecular flexibility index (Phi) is 4.67. The Morgan fingerprint density at radius 3 is 2.82 bits per heavy atom. The second-order valence-corrected chi connectivity index (χ2v) is 3.78. The monoisotopic (exact) mass is 281 g/mol. The molecule has 0 unspecified atom stereocenters. The van der Waals surface area contributed by atoms with Crippen LogP contribution in [-0.4, -0.2) is 22.6 Å². The third-order valence-electron chi connectivity index (χ3n) is 1.57. The van der Waals surface area contributed by atoms with E-state index in [1.54, 1.807) is 0 Å². The average molecular weight is 282 g/mol. The lowest BCUT2D eigenvalue weighted by Gasteiger charge is -2.04. The number of hydrogen-bond donors (Lipinski definition) is 1. The highest BCUT2D eigenvalue weighted by molar-refractivity contribution is 7.95. The predicted molar refractivity (Wildman–Crippen MR) is 57.1 cm³/mol. The zero-order valence-electron chi connectivity index (χ0n) is 8.05. The van der Waals surface area contributed by atoms with Crippen molar-refractivity contribution in [3.63, 3.8) is 0 Å². The maximum atomic E-state index is 13.1. The number of nitrogens with zero attached hydrogens (tertiary/aromatic N) is 1. The standard InChI is InChI=1S/C8H5ClFNO5S/c9-7-4(10)1-2-5(11(14)15)8(7)17-16-6(13)3-12/h1-2,12H,3H2. The number of halogens is 2. The van der Waals surface area contributed by atoms with Crippen LogP contribution in [0.3, 0.4) is 0 Å². The molecule has 0 saturated carbocycles. The highest BCUT2D eigenvalue weighted by atomic mass is 35.5. The minimum atomic E-state index is -1.02. The normalized spacial score (nSPS) is 10.1. The zero-order valence-corrected chi connectivity index (χ0v) is 9.63. The van der Waals surface area contributed by atoms with Crippen LogP contribution in [0.4, 0.5) is 10.1 Å². The Morgan fingerprint density at radius 1 is 1.65 bits per heavy atom. The average Bonchev–Trinajstić information content (AvgIpc) is 2.30. The molecule has 0 saturated heterocycles. The number of aliphatic hydroxyl groups excluding tert-OH is 1. The van der Waals surface area contributed by atoms with E-state index in [1.165, 1.54) is 0 Å². The van der Waals surface area contributed by atoms with Crippen LogP contribution in [0.5, 0.6) is 0 Å². The van der Waals surface area contributed by atoms with E-state index in [4.69, 9.17) is 16.7 Å². The minimum absolute atomic E-state index is 0.226. The van der Waals surface area contributed by atoms with Crippen molar-refractivity contribution in [1.29, 1.82) is 0 Å². The third-order valence-corrected chi connectivity index (χ3v) is 2.90. The second-order valence-electron chi connectivity index (χ2n) is 2.66. The van der Waals surface area contributed by atoms with Crippen molar-refractivity contribution < 1.29 is 23.4 Å². The quantitative estimate of drug-likeness (QED) is 0.515. The summed E-state index contributed by atoms with van der Waals surface area (Å²) < 4.78 is 17.4. The molecule has 0 aliphatic rings. The van der Waals surface area contributed by atoms with Crippen molar-refractivity contribution in [3.05, 3.63) is 33.1 Å². The predicted octanol–water partition coefficient (Wildman–Crippen LogP) is 1.93. The fourth-order valence-corrected chi connectivity index (χ4v) is 1.74. The lowest BCUT2D eigenvalue weighted by atomic mass is 10.3. The van der Waals surface area contributed by atoms with Gasteiger partial charge in [0, 0.05) is 6.07 Å². The molecule has 0 fully saturated rings. The molecule has 0 aliphatic heterocycles. The molecule has 9 heteroatoms. The SMILES string of the molecule is O=C(CO)OSc1c([N+](=O)[O-])ccc(F)c1Cl. The molecule has 0 radical (unpaired) electrons. The van der Waals surface area contributed by atoms with Gasteiger partial charge in [-0.15, -0.1) is 0 Å². The summed E-state index contributed by atoms with van der Waals surface area (Å²) in [5, 5.41) is 18.5. The summed E-state index contributed by atoms with van der Waals surface area (Å²) in [7, 11) is 0. The lowest BCUT2D eigenvalue weighted by molar-refractivity contribution is -0.387. The number of nitro benzene ring substituents is 1. The Labute approximate surface area is 104 Å². The first-order valence-corrected chi connectivity index (χ1v) is 5.20. The molecular formula is C8H5ClFNO5S. The van der Waals surface area contributed by atoms with E-state index in [1.807, 2.05) is 0 Å². The first-order chi connectivity index (χ1) is 7.97. The Bertz CT molecular complexity index is 469. The van der Waals surface area contributed by atoms with Crippen LogP contribution >= 0.6 is 23.6 Å². The third kappa shape index (κ3) is 3.29. The van der Waals surface area contributed by atoms with E-state index in [0.717, 1.165) is 12.1 Å². The number of hydrogen-bond acceptors (Lipinski definition) is 6. The van der Waals surface area contributed by atoms with Crippen LogP contribution in [0.1, 0.15) is 0 Å². The van der Waals surface area contributed by atoms with Crippen LogP contribution < -0.4 is 0 Å². The van der Waals surface area contributed by atoms with E-state index in [2.05, 4.69) is 4.18 Å². The van der Waals surface area contributed by atoms with Crippen LogP contribution in [0.2, 0.25) is 5.02 Å². The Hall–Kier alpha value is -1.38. The van der Waals surface area contributed by atoms with E-state index in [-0.39, 0.29) is 16.9 Å². The van der Waals surface area contributed by atoms with Gasteiger partial charge >= 0.3 is 5.97 Å². The van der Waals surface area contributed by atoms with Gasteiger partial charge in [-0.1, -0.05) is 11.6 Å². The Balaban J connectivity index is 3.06. The number of rotatable bonds is 4. The van der Waals surface area contributed by atoms with Crippen LogP contribution in [0, 0.1) is 15.9 Å². The molecule has 0 heterocycles. The molecule has 0 spiro atoms. The molecule has 92 valence electrons. The number of nitro groups is 1. The summed E-state index contributed by atoms with van der Waals surface area (Å²) in [6, 6.07) is 1.73. The molecule has 1 aromatic carbocycles.